The number of ether oxygens (including phenoxy) is 1. The van der Waals surface area contributed by atoms with Gasteiger partial charge in [-0.2, -0.15) is 5.26 Å². The van der Waals surface area contributed by atoms with Crippen molar-refractivity contribution in [1.82, 2.24) is 5.32 Å². The summed E-state index contributed by atoms with van der Waals surface area (Å²) >= 11 is 1.61. The Morgan fingerprint density at radius 3 is 2.57 bits per heavy atom. The van der Waals surface area contributed by atoms with E-state index in [0.717, 1.165) is 10.6 Å². The highest BCUT2D eigenvalue weighted by Crippen LogP contribution is 2.17. The van der Waals surface area contributed by atoms with E-state index in [4.69, 9.17) is 5.26 Å². The van der Waals surface area contributed by atoms with Gasteiger partial charge in [-0.3, -0.25) is 10.1 Å². The van der Waals surface area contributed by atoms with Crippen LogP contribution in [0.2, 0.25) is 0 Å². The third-order valence-electron chi connectivity index (χ3n) is 2.33. The second-order valence-electron chi connectivity index (χ2n) is 3.72. The van der Waals surface area contributed by atoms with Crippen LogP contribution < -0.4 is 10.6 Å². The summed E-state index contributed by atoms with van der Waals surface area (Å²) in [5, 5.41) is 13.7. The standard InChI is InChI=1S/C14H15N3O3S/c1-3-20-14(19)17-13(18)10(8-15)9-16-11-4-6-12(21-2)7-5-11/h4-7,9,16H,3H2,1-2H3,(H,17,18,19)/b10-9-. The first-order valence-corrected chi connectivity index (χ1v) is 7.32. The summed E-state index contributed by atoms with van der Waals surface area (Å²) < 4.78 is 4.57. The SMILES string of the molecule is CCOC(=O)NC(=O)/C(C#N)=C\Nc1ccc(SC)cc1. The van der Waals surface area contributed by atoms with E-state index in [0.29, 0.717) is 0 Å². The minimum Gasteiger partial charge on any atom is -0.450 e. The van der Waals surface area contributed by atoms with Crippen molar-refractivity contribution in [3.63, 3.8) is 0 Å². The molecule has 0 unspecified atom stereocenters. The van der Waals surface area contributed by atoms with Crippen LogP contribution in [0, 0.1) is 11.3 Å². The number of amides is 2. The second-order valence-corrected chi connectivity index (χ2v) is 4.60. The highest BCUT2D eigenvalue weighted by molar-refractivity contribution is 7.98. The number of hydrogen-bond acceptors (Lipinski definition) is 6. The lowest BCUT2D eigenvalue weighted by Gasteiger charge is -2.04. The fourth-order valence-electron chi connectivity index (χ4n) is 1.32. The normalized spacial score (nSPS) is 10.4. The number of carbonyl (C=O) groups excluding carboxylic acids is 2. The summed E-state index contributed by atoms with van der Waals surface area (Å²) in [5.74, 6) is -0.816. The number of nitrogens with zero attached hydrogens (tertiary/aromatic N) is 1. The Kier molecular flexibility index (Phi) is 6.84. The Hall–Kier alpha value is -2.46. The van der Waals surface area contributed by atoms with Crippen molar-refractivity contribution in [2.24, 2.45) is 0 Å². The molecule has 2 amide bonds. The Balaban J connectivity index is 2.68. The Labute approximate surface area is 127 Å². The molecule has 21 heavy (non-hydrogen) atoms. The van der Waals surface area contributed by atoms with E-state index >= 15 is 0 Å². The minimum atomic E-state index is -0.882. The van der Waals surface area contributed by atoms with Gasteiger partial charge in [0.15, 0.2) is 0 Å². The first-order chi connectivity index (χ1) is 10.1. The topological polar surface area (TPSA) is 91.2 Å². The van der Waals surface area contributed by atoms with Gasteiger partial charge >= 0.3 is 6.09 Å². The van der Waals surface area contributed by atoms with Crippen LogP contribution in [0.4, 0.5) is 10.5 Å². The summed E-state index contributed by atoms with van der Waals surface area (Å²) in [7, 11) is 0. The number of thioether (sulfide) groups is 1. The number of anilines is 1. The highest BCUT2D eigenvalue weighted by atomic mass is 32.2. The maximum absolute atomic E-state index is 11.6. The zero-order chi connectivity index (χ0) is 15.7. The lowest BCUT2D eigenvalue weighted by atomic mass is 10.3. The van der Waals surface area contributed by atoms with E-state index in [1.807, 2.05) is 35.8 Å². The first kappa shape index (κ1) is 16.6. The molecule has 6 nitrogen and oxygen atoms in total. The number of nitriles is 1. The second kappa shape index (κ2) is 8.66. The number of nitrogens with one attached hydrogen (secondary N) is 2. The molecule has 1 aromatic carbocycles. The number of alkyl carbamates (subject to hydrolysis) is 1. The molecule has 0 fully saturated rings. The summed E-state index contributed by atoms with van der Waals surface area (Å²) in [6, 6.07) is 9.17. The molecular weight excluding hydrogens is 290 g/mol. The maximum atomic E-state index is 11.6. The molecule has 7 heteroatoms. The molecular formula is C14H15N3O3S. The molecule has 0 spiro atoms. The summed E-state index contributed by atoms with van der Waals surface area (Å²) in [6.07, 6.45) is 2.33. The van der Waals surface area contributed by atoms with E-state index in [1.54, 1.807) is 24.8 Å². The molecule has 0 aromatic heterocycles. The van der Waals surface area contributed by atoms with Gasteiger partial charge in [0.05, 0.1) is 6.61 Å². The number of rotatable bonds is 5. The molecule has 0 saturated carbocycles. The molecule has 0 bridgehead atoms. The van der Waals surface area contributed by atoms with Crippen LogP contribution in [0.5, 0.6) is 0 Å². The van der Waals surface area contributed by atoms with Crippen LogP contribution in [0.1, 0.15) is 6.92 Å². The average molecular weight is 305 g/mol. The number of hydrogen-bond donors (Lipinski definition) is 2. The van der Waals surface area contributed by atoms with E-state index in [1.165, 1.54) is 6.20 Å². The molecule has 0 heterocycles. The molecule has 1 aromatic rings. The molecule has 110 valence electrons. The van der Waals surface area contributed by atoms with Crippen LogP contribution in [0.25, 0.3) is 0 Å². The lowest BCUT2D eigenvalue weighted by Crippen LogP contribution is -2.32. The van der Waals surface area contributed by atoms with Crippen LogP contribution in [-0.4, -0.2) is 24.9 Å². The van der Waals surface area contributed by atoms with Gasteiger partial charge in [-0.1, -0.05) is 0 Å². The van der Waals surface area contributed by atoms with Gasteiger partial charge in [0.25, 0.3) is 5.91 Å². The van der Waals surface area contributed by atoms with E-state index in [-0.39, 0.29) is 12.2 Å². The highest BCUT2D eigenvalue weighted by Gasteiger charge is 2.13. The third kappa shape index (κ3) is 5.58. The van der Waals surface area contributed by atoms with Crippen molar-refractivity contribution in [2.75, 3.05) is 18.2 Å². The Bertz CT molecular complexity index is 576. The smallest absolute Gasteiger partial charge is 0.414 e. The van der Waals surface area contributed by atoms with Crippen molar-refractivity contribution < 1.29 is 14.3 Å². The number of benzene rings is 1. The minimum absolute atomic E-state index is 0.144. The fraction of sp³-hybridized carbons (Fsp3) is 0.214. The zero-order valence-electron chi connectivity index (χ0n) is 11.7. The quantitative estimate of drug-likeness (QED) is 0.493. The predicted octanol–water partition coefficient (Wildman–Crippen LogP) is 2.50. The van der Waals surface area contributed by atoms with Gasteiger partial charge in [0.2, 0.25) is 0 Å². The van der Waals surface area contributed by atoms with Crippen LogP contribution in [0.3, 0.4) is 0 Å². The fourth-order valence-corrected chi connectivity index (χ4v) is 1.73. The van der Waals surface area contributed by atoms with Gasteiger partial charge in [-0.15, -0.1) is 11.8 Å². The maximum Gasteiger partial charge on any atom is 0.414 e. The summed E-state index contributed by atoms with van der Waals surface area (Å²) in [6.45, 7) is 1.76. The van der Waals surface area contributed by atoms with Gasteiger partial charge in [-0.25, -0.2) is 4.79 Å². The summed E-state index contributed by atoms with van der Waals surface area (Å²) in [4.78, 5) is 23.8. The molecule has 0 saturated heterocycles. The van der Waals surface area contributed by atoms with Crippen LogP contribution >= 0.6 is 11.8 Å². The van der Waals surface area contributed by atoms with Crippen molar-refractivity contribution in [3.05, 3.63) is 36.0 Å². The van der Waals surface area contributed by atoms with Gasteiger partial charge in [0, 0.05) is 16.8 Å². The van der Waals surface area contributed by atoms with E-state index in [2.05, 4.69) is 10.1 Å². The van der Waals surface area contributed by atoms with Crippen LogP contribution in [-0.2, 0) is 9.53 Å². The Morgan fingerprint density at radius 2 is 2.05 bits per heavy atom. The third-order valence-corrected chi connectivity index (χ3v) is 3.07. The monoisotopic (exact) mass is 305 g/mol. The molecule has 0 aliphatic heterocycles. The average Bonchev–Trinajstić information content (AvgIpc) is 2.48. The lowest BCUT2D eigenvalue weighted by molar-refractivity contribution is -0.116. The molecule has 0 aliphatic carbocycles. The van der Waals surface area contributed by atoms with E-state index in [9.17, 15) is 9.59 Å². The van der Waals surface area contributed by atoms with Gasteiger partial charge in [-0.05, 0) is 37.4 Å². The largest absolute Gasteiger partial charge is 0.450 e. The van der Waals surface area contributed by atoms with Crippen molar-refractivity contribution in [2.45, 2.75) is 11.8 Å². The van der Waals surface area contributed by atoms with Crippen LogP contribution in [0.15, 0.2) is 40.9 Å². The van der Waals surface area contributed by atoms with Crippen molar-refractivity contribution >= 4 is 29.4 Å². The first-order valence-electron chi connectivity index (χ1n) is 6.09. The number of imide groups is 1. The molecule has 0 aliphatic rings. The van der Waals surface area contributed by atoms with Crippen molar-refractivity contribution in [3.8, 4) is 6.07 Å². The van der Waals surface area contributed by atoms with E-state index < -0.39 is 12.0 Å². The van der Waals surface area contributed by atoms with Crippen molar-refractivity contribution in [1.29, 1.82) is 5.26 Å². The molecule has 1 rings (SSSR count). The Morgan fingerprint density at radius 1 is 1.38 bits per heavy atom. The molecule has 0 atom stereocenters. The zero-order valence-corrected chi connectivity index (χ0v) is 12.5. The molecule has 0 radical (unpaired) electrons. The molecule has 2 N–H and O–H groups in total. The van der Waals surface area contributed by atoms with Gasteiger partial charge < -0.3 is 10.1 Å². The van der Waals surface area contributed by atoms with Gasteiger partial charge in [0.1, 0.15) is 11.6 Å². The number of carbonyl (C=O) groups is 2. The summed E-state index contributed by atoms with van der Waals surface area (Å²) in [5.41, 5.74) is 0.501. The predicted molar refractivity (Wildman–Crippen MR) is 80.7 cm³/mol.